The van der Waals surface area contributed by atoms with Gasteiger partial charge in [0.1, 0.15) is 10.8 Å². The van der Waals surface area contributed by atoms with E-state index in [1.54, 1.807) is 0 Å². The smallest absolute Gasteiger partial charge is 0.181 e. The molecule has 136 valence electrons. The number of hydrogen-bond acceptors (Lipinski definition) is 4. The minimum absolute atomic E-state index is 0.453. The lowest BCUT2D eigenvalue weighted by Gasteiger charge is -2.10. The van der Waals surface area contributed by atoms with Crippen LogP contribution in [0.1, 0.15) is 42.1 Å². The first kappa shape index (κ1) is 16.6. The van der Waals surface area contributed by atoms with Gasteiger partial charge in [0.25, 0.3) is 0 Å². The normalized spacial score (nSPS) is 21.2. The van der Waals surface area contributed by atoms with E-state index in [-0.39, 0.29) is 0 Å². The SMILES string of the molecule is N#Cc1ccccc1C1CC1CNc1ccn2c(CC3CC3)nnc2c1Cl. The predicted octanol–water partition coefficient (Wildman–Crippen LogP) is 4.42. The Labute approximate surface area is 163 Å². The molecule has 0 aliphatic heterocycles. The van der Waals surface area contributed by atoms with Gasteiger partial charge in [0, 0.05) is 19.2 Å². The second-order valence-corrected chi connectivity index (χ2v) is 8.06. The zero-order chi connectivity index (χ0) is 18.4. The van der Waals surface area contributed by atoms with Crippen LogP contribution in [0.3, 0.4) is 0 Å². The lowest BCUT2D eigenvalue weighted by atomic mass is 10.0. The maximum atomic E-state index is 9.29. The Morgan fingerprint density at radius 3 is 2.89 bits per heavy atom. The van der Waals surface area contributed by atoms with Gasteiger partial charge in [0.15, 0.2) is 5.65 Å². The van der Waals surface area contributed by atoms with Crippen molar-refractivity contribution >= 4 is 22.9 Å². The molecule has 2 unspecified atom stereocenters. The average molecular weight is 378 g/mol. The van der Waals surface area contributed by atoms with Gasteiger partial charge in [-0.1, -0.05) is 29.8 Å². The van der Waals surface area contributed by atoms with E-state index in [0.29, 0.717) is 16.9 Å². The molecule has 1 N–H and O–H groups in total. The topological polar surface area (TPSA) is 66.0 Å². The molecule has 2 fully saturated rings. The molecular weight excluding hydrogens is 358 g/mol. The van der Waals surface area contributed by atoms with Crippen LogP contribution in [0.4, 0.5) is 5.69 Å². The van der Waals surface area contributed by atoms with Gasteiger partial charge in [0.05, 0.1) is 17.3 Å². The highest BCUT2D eigenvalue weighted by Gasteiger charge is 2.39. The fourth-order valence-corrected chi connectivity index (χ4v) is 4.10. The van der Waals surface area contributed by atoms with Crippen molar-refractivity contribution in [3.05, 3.63) is 58.5 Å². The molecule has 0 spiro atoms. The van der Waals surface area contributed by atoms with Crippen LogP contribution in [0.25, 0.3) is 5.65 Å². The summed E-state index contributed by atoms with van der Waals surface area (Å²) in [6.07, 6.45) is 6.67. The summed E-state index contributed by atoms with van der Waals surface area (Å²) in [7, 11) is 0. The molecule has 6 heteroatoms. The molecule has 2 atom stereocenters. The molecule has 2 aliphatic carbocycles. The maximum Gasteiger partial charge on any atom is 0.181 e. The number of anilines is 1. The summed E-state index contributed by atoms with van der Waals surface area (Å²) >= 11 is 6.58. The summed E-state index contributed by atoms with van der Waals surface area (Å²) in [5.41, 5.74) is 3.57. The van der Waals surface area contributed by atoms with Crippen LogP contribution >= 0.6 is 11.6 Å². The van der Waals surface area contributed by atoms with Gasteiger partial charge in [-0.05, 0) is 54.7 Å². The molecular formula is C21H20ClN5. The summed E-state index contributed by atoms with van der Waals surface area (Å²) in [4.78, 5) is 0. The minimum atomic E-state index is 0.453. The van der Waals surface area contributed by atoms with E-state index in [9.17, 15) is 5.26 Å². The van der Waals surface area contributed by atoms with Gasteiger partial charge in [-0.25, -0.2) is 0 Å². The largest absolute Gasteiger partial charge is 0.383 e. The van der Waals surface area contributed by atoms with Crippen LogP contribution in [0.5, 0.6) is 0 Å². The fourth-order valence-electron chi connectivity index (χ4n) is 3.85. The van der Waals surface area contributed by atoms with Gasteiger partial charge in [-0.2, -0.15) is 5.26 Å². The number of nitriles is 1. The van der Waals surface area contributed by atoms with E-state index >= 15 is 0 Å². The van der Waals surface area contributed by atoms with Crippen molar-refractivity contribution in [2.75, 3.05) is 11.9 Å². The molecule has 27 heavy (non-hydrogen) atoms. The standard InChI is InChI=1S/C21H20ClN5/c22-20-18(7-8-27-19(9-13-5-6-13)25-26-21(20)27)24-12-15-10-17(15)16-4-2-1-3-14(16)11-23/h1-4,7-8,13,15,17,24H,5-6,9-10,12H2. The van der Waals surface area contributed by atoms with E-state index in [2.05, 4.69) is 27.6 Å². The number of rotatable bonds is 6. The first-order valence-corrected chi connectivity index (χ1v) is 9.87. The fraction of sp³-hybridized carbons (Fsp3) is 0.381. The van der Waals surface area contributed by atoms with Crippen LogP contribution in [0, 0.1) is 23.2 Å². The Hall–Kier alpha value is -2.58. The maximum absolute atomic E-state index is 9.29. The molecule has 0 radical (unpaired) electrons. The highest BCUT2D eigenvalue weighted by Crippen LogP contribution is 2.48. The third-order valence-electron chi connectivity index (χ3n) is 5.72. The third kappa shape index (κ3) is 3.15. The predicted molar refractivity (Wildman–Crippen MR) is 105 cm³/mol. The first-order valence-electron chi connectivity index (χ1n) is 9.49. The lowest BCUT2D eigenvalue weighted by Crippen LogP contribution is -2.06. The number of benzene rings is 1. The Kier molecular flexibility index (Phi) is 4.02. The highest BCUT2D eigenvalue weighted by molar-refractivity contribution is 6.36. The van der Waals surface area contributed by atoms with Gasteiger partial charge >= 0.3 is 0 Å². The van der Waals surface area contributed by atoms with Gasteiger partial charge in [-0.15, -0.1) is 10.2 Å². The molecule has 2 heterocycles. The zero-order valence-electron chi connectivity index (χ0n) is 14.9. The molecule has 0 amide bonds. The van der Waals surface area contributed by atoms with Gasteiger partial charge in [-0.3, -0.25) is 4.40 Å². The van der Waals surface area contributed by atoms with Crippen LogP contribution in [0.15, 0.2) is 36.5 Å². The van der Waals surface area contributed by atoms with Crippen LogP contribution in [-0.4, -0.2) is 21.1 Å². The highest BCUT2D eigenvalue weighted by atomic mass is 35.5. The second kappa shape index (κ2) is 6.54. The van der Waals surface area contributed by atoms with E-state index in [0.717, 1.165) is 53.6 Å². The van der Waals surface area contributed by atoms with Crippen molar-refractivity contribution in [2.45, 2.75) is 31.6 Å². The summed E-state index contributed by atoms with van der Waals surface area (Å²) in [5.74, 6) is 2.73. The number of nitrogens with zero attached hydrogens (tertiary/aromatic N) is 4. The minimum Gasteiger partial charge on any atom is -0.383 e. The Bertz CT molecular complexity index is 1050. The van der Waals surface area contributed by atoms with Crippen molar-refractivity contribution in [1.82, 2.24) is 14.6 Å². The lowest BCUT2D eigenvalue weighted by molar-refractivity contribution is 0.758. The van der Waals surface area contributed by atoms with Crippen molar-refractivity contribution in [1.29, 1.82) is 5.26 Å². The number of fused-ring (bicyclic) bond motifs is 1. The Morgan fingerprint density at radius 2 is 2.07 bits per heavy atom. The van der Waals surface area contributed by atoms with Crippen LogP contribution < -0.4 is 5.32 Å². The van der Waals surface area contributed by atoms with E-state index in [1.807, 2.05) is 34.9 Å². The molecule has 2 saturated carbocycles. The van der Waals surface area contributed by atoms with Crippen molar-refractivity contribution in [2.24, 2.45) is 11.8 Å². The van der Waals surface area contributed by atoms with Gasteiger partial charge < -0.3 is 5.32 Å². The third-order valence-corrected chi connectivity index (χ3v) is 6.09. The number of aromatic nitrogens is 3. The Morgan fingerprint density at radius 1 is 1.22 bits per heavy atom. The average Bonchev–Trinajstić information content (AvgIpc) is 3.60. The molecule has 0 saturated heterocycles. The first-order chi connectivity index (χ1) is 13.2. The molecule has 2 aromatic heterocycles. The van der Waals surface area contributed by atoms with E-state index in [4.69, 9.17) is 11.6 Å². The monoisotopic (exact) mass is 377 g/mol. The van der Waals surface area contributed by atoms with E-state index < -0.39 is 0 Å². The molecule has 1 aromatic carbocycles. The van der Waals surface area contributed by atoms with Crippen molar-refractivity contribution in [3.8, 4) is 6.07 Å². The van der Waals surface area contributed by atoms with Crippen LogP contribution in [-0.2, 0) is 6.42 Å². The quantitative estimate of drug-likeness (QED) is 0.690. The van der Waals surface area contributed by atoms with Crippen LogP contribution in [0.2, 0.25) is 5.02 Å². The molecule has 2 aliphatic rings. The molecule has 5 rings (SSSR count). The number of hydrogen-bond donors (Lipinski definition) is 1. The Balaban J connectivity index is 1.28. The van der Waals surface area contributed by atoms with Crippen molar-refractivity contribution in [3.63, 3.8) is 0 Å². The summed E-state index contributed by atoms with van der Waals surface area (Å²) < 4.78 is 2.01. The number of nitrogens with one attached hydrogen (secondary N) is 1. The summed E-state index contributed by atoms with van der Waals surface area (Å²) in [6, 6.07) is 12.2. The summed E-state index contributed by atoms with van der Waals surface area (Å²) in [6.45, 7) is 0.837. The van der Waals surface area contributed by atoms with E-state index in [1.165, 1.54) is 12.8 Å². The molecule has 3 aromatic rings. The zero-order valence-corrected chi connectivity index (χ0v) is 15.7. The molecule has 0 bridgehead atoms. The van der Waals surface area contributed by atoms with Crippen molar-refractivity contribution < 1.29 is 0 Å². The van der Waals surface area contributed by atoms with Gasteiger partial charge in [0.2, 0.25) is 0 Å². The number of halogens is 1. The number of pyridine rings is 1. The second-order valence-electron chi connectivity index (χ2n) is 7.68. The molecule has 5 nitrogen and oxygen atoms in total. The summed E-state index contributed by atoms with van der Waals surface area (Å²) in [5, 5.41) is 22.0.